The molecule has 0 spiro atoms. The molecule has 166 valence electrons. The van der Waals surface area contributed by atoms with Gasteiger partial charge in [0.1, 0.15) is 5.82 Å². The Bertz CT molecular complexity index is 1060. The van der Waals surface area contributed by atoms with Gasteiger partial charge in [-0.3, -0.25) is 9.59 Å². The number of anilines is 1. The van der Waals surface area contributed by atoms with Crippen molar-refractivity contribution >= 4 is 17.4 Å². The van der Waals surface area contributed by atoms with Crippen LogP contribution in [0.25, 0.3) is 5.69 Å². The Morgan fingerprint density at radius 3 is 2.68 bits per heavy atom. The second-order valence-electron chi connectivity index (χ2n) is 9.58. The van der Waals surface area contributed by atoms with Crippen LogP contribution in [-0.2, 0) is 6.42 Å². The Hall–Kier alpha value is -2.74. The van der Waals surface area contributed by atoms with Crippen molar-refractivity contribution < 1.29 is 19.1 Å². The quantitative estimate of drug-likeness (QED) is 0.692. The summed E-state index contributed by atoms with van der Waals surface area (Å²) < 4.78 is 16.7. The predicted octanol–water partition coefficient (Wildman–Crippen LogP) is 3.29. The zero-order chi connectivity index (χ0) is 22.5. The summed E-state index contributed by atoms with van der Waals surface area (Å²) in [5.74, 6) is -1.61. The van der Waals surface area contributed by atoms with Crippen molar-refractivity contribution in [2.45, 2.75) is 71.4 Å². The van der Waals surface area contributed by atoms with Crippen LogP contribution < -0.4 is 11.1 Å². The molecule has 0 aliphatic heterocycles. The lowest BCUT2D eigenvalue weighted by Gasteiger charge is -2.30. The first-order chi connectivity index (χ1) is 14.6. The molecule has 2 aliphatic rings. The van der Waals surface area contributed by atoms with Gasteiger partial charge in [0.05, 0.1) is 46.0 Å². The van der Waals surface area contributed by atoms with E-state index in [9.17, 15) is 14.7 Å². The molecule has 1 heterocycles. The molecular weight excluding hydrogens is 399 g/mol. The molecule has 0 unspecified atom stereocenters. The molecule has 4 N–H and O–H groups in total. The number of nitrogens with two attached hydrogens (primary N) is 1. The SMILES string of the molecule is Cc1nn(-c2cc(F)c(C(N)=O)c(N[C@H]3CCCC[C@@H]3O)c2)c2c1C(=O)CC(C)(C)C2. The Kier molecular flexibility index (Phi) is 5.37. The Morgan fingerprint density at radius 2 is 2.00 bits per heavy atom. The van der Waals surface area contributed by atoms with Crippen molar-refractivity contribution in [1.82, 2.24) is 9.78 Å². The second-order valence-corrected chi connectivity index (χ2v) is 9.58. The summed E-state index contributed by atoms with van der Waals surface area (Å²) in [5.41, 5.74) is 7.58. The monoisotopic (exact) mass is 428 g/mol. The van der Waals surface area contributed by atoms with Crippen molar-refractivity contribution in [2.75, 3.05) is 5.32 Å². The van der Waals surface area contributed by atoms with Gasteiger partial charge >= 0.3 is 0 Å². The number of rotatable bonds is 4. The molecule has 1 saturated carbocycles. The van der Waals surface area contributed by atoms with Gasteiger partial charge in [0.25, 0.3) is 5.91 Å². The molecule has 1 aromatic heterocycles. The molecule has 7 nitrogen and oxygen atoms in total. The minimum Gasteiger partial charge on any atom is -0.391 e. The van der Waals surface area contributed by atoms with E-state index in [1.54, 1.807) is 17.7 Å². The fourth-order valence-electron chi connectivity index (χ4n) is 4.91. The zero-order valence-electron chi connectivity index (χ0n) is 18.2. The molecule has 2 atom stereocenters. The Labute approximate surface area is 180 Å². The van der Waals surface area contributed by atoms with E-state index < -0.39 is 17.8 Å². The number of carbonyl (C=O) groups excluding carboxylic acids is 2. The van der Waals surface area contributed by atoms with Crippen molar-refractivity contribution in [1.29, 1.82) is 0 Å². The van der Waals surface area contributed by atoms with E-state index >= 15 is 4.39 Å². The lowest BCUT2D eigenvalue weighted by molar-refractivity contribution is 0.0909. The van der Waals surface area contributed by atoms with E-state index in [1.165, 1.54) is 6.07 Å². The number of carbonyl (C=O) groups is 2. The predicted molar refractivity (Wildman–Crippen MR) is 115 cm³/mol. The molecule has 1 amide bonds. The summed E-state index contributed by atoms with van der Waals surface area (Å²) in [4.78, 5) is 24.7. The Balaban J connectivity index is 1.82. The van der Waals surface area contributed by atoms with Gasteiger partial charge in [-0.2, -0.15) is 5.10 Å². The van der Waals surface area contributed by atoms with E-state index in [0.717, 1.165) is 18.5 Å². The average molecular weight is 429 g/mol. The van der Waals surface area contributed by atoms with Crippen LogP contribution in [0.3, 0.4) is 0 Å². The van der Waals surface area contributed by atoms with Gasteiger partial charge in [-0.1, -0.05) is 26.7 Å². The van der Waals surface area contributed by atoms with Crippen molar-refractivity contribution in [2.24, 2.45) is 11.1 Å². The highest BCUT2D eigenvalue weighted by Gasteiger charge is 2.36. The minimum absolute atomic E-state index is 0.0351. The number of amides is 1. The number of ketones is 1. The van der Waals surface area contributed by atoms with Gasteiger partial charge in [-0.25, -0.2) is 9.07 Å². The Morgan fingerprint density at radius 1 is 1.29 bits per heavy atom. The average Bonchev–Trinajstić information content (AvgIpc) is 2.98. The summed E-state index contributed by atoms with van der Waals surface area (Å²) in [6, 6.07) is 2.56. The number of aliphatic hydroxyl groups excluding tert-OH is 1. The number of benzene rings is 1. The number of aromatic nitrogens is 2. The maximum Gasteiger partial charge on any atom is 0.253 e. The van der Waals surface area contributed by atoms with Gasteiger partial charge in [0.15, 0.2) is 5.78 Å². The van der Waals surface area contributed by atoms with Gasteiger partial charge in [0, 0.05) is 12.5 Å². The summed E-state index contributed by atoms with van der Waals surface area (Å²) in [6.45, 7) is 5.82. The van der Waals surface area contributed by atoms with E-state index in [2.05, 4.69) is 10.4 Å². The van der Waals surface area contributed by atoms with Crippen LogP contribution in [0, 0.1) is 18.2 Å². The molecular formula is C23H29FN4O3. The molecule has 1 aromatic carbocycles. The summed E-state index contributed by atoms with van der Waals surface area (Å²) in [6.07, 6.45) is 3.70. The molecule has 8 heteroatoms. The number of hydrogen-bond acceptors (Lipinski definition) is 5. The second kappa shape index (κ2) is 7.75. The van der Waals surface area contributed by atoms with Crippen LogP contribution in [0.15, 0.2) is 12.1 Å². The zero-order valence-corrected chi connectivity index (χ0v) is 18.2. The van der Waals surface area contributed by atoms with Crippen molar-refractivity contribution in [3.05, 3.63) is 40.5 Å². The lowest BCUT2D eigenvalue weighted by atomic mass is 9.75. The van der Waals surface area contributed by atoms with Gasteiger partial charge in [-0.05, 0) is 37.7 Å². The summed E-state index contributed by atoms with van der Waals surface area (Å²) >= 11 is 0. The van der Waals surface area contributed by atoms with Crippen LogP contribution in [0.2, 0.25) is 0 Å². The number of fused-ring (bicyclic) bond motifs is 1. The van der Waals surface area contributed by atoms with Gasteiger partial charge in [0.2, 0.25) is 0 Å². The van der Waals surface area contributed by atoms with E-state index in [1.807, 2.05) is 13.8 Å². The molecule has 0 saturated heterocycles. The molecule has 2 aromatic rings. The third-order valence-electron chi connectivity index (χ3n) is 6.36. The number of nitrogens with zero attached hydrogens (tertiary/aromatic N) is 2. The highest BCUT2D eigenvalue weighted by atomic mass is 19.1. The number of Topliss-reactive ketones (excluding diaryl/α,β-unsaturated/α-hetero) is 1. The summed E-state index contributed by atoms with van der Waals surface area (Å²) in [5, 5.41) is 18.0. The van der Waals surface area contributed by atoms with E-state index in [-0.39, 0.29) is 28.5 Å². The molecule has 0 radical (unpaired) electrons. The number of aliphatic hydroxyl groups is 1. The van der Waals surface area contributed by atoms with Crippen LogP contribution in [0.1, 0.15) is 78.1 Å². The minimum atomic E-state index is -0.883. The molecule has 1 fully saturated rings. The lowest BCUT2D eigenvalue weighted by Crippen LogP contribution is -2.37. The van der Waals surface area contributed by atoms with Gasteiger partial charge < -0.3 is 16.2 Å². The van der Waals surface area contributed by atoms with Crippen molar-refractivity contribution in [3.8, 4) is 5.69 Å². The van der Waals surface area contributed by atoms with Crippen molar-refractivity contribution in [3.63, 3.8) is 0 Å². The number of primary amides is 1. The topological polar surface area (TPSA) is 110 Å². The number of aryl methyl sites for hydroxylation is 1. The molecule has 0 bridgehead atoms. The van der Waals surface area contributed by atoms with E-state index in [4.69, 9.17) is 5.73 Å². The summed E-state index contributed by atoms with van der Waals surface area (Å²) in [7, 11) is 0. The maximum atomic E-state index is 15.1. The smallest absolute Gasteiger partial charge is 0.253 e. The largest absolute Gasteiger partial charge is 0.391 e. The van der Waals surface area contributed by atoms with E-state index in [0.29, 0.717) is 42.6 Å². The van der Waals surface area contributed by atoms with Crippen LogP contribution in [0.5, 0.6) is 0 Å². The molecule has 31 heavy (non-hydrogen) atoms. The normalized spacial score (nSPS) is 22.8. The molecule has 2 aliphatic carbocycles. The number of hydrogen-bond donors (Lipinski definition) is 3. The first-order valence-corrected chi connectivity index (χ1v) is 10.8. The number of nitrogens with one attached hydrogen (secondary N) is 1. The van der Waals surface area contributed by atoms with Gasteiger partial charge in [-0.15, -0.1) is 0 Å². The van der Waals surface area contributed by atoms with Crippen LogP contribution in [0.4, 0.5) is 10.1 Å². The standard InChI is InChI=1S/C23H29FN4O3/c1-12-20-17(10-23(2,3)11-19(20)30)28(27-12)13-8-14(24)21(22(25)31)16(9-13)26-15-6-4-5-7-18(15)29/h8-9,15,18,26,29H,4-7,10-11H2,1-3H3,(H2,25,31)/t15-,18-/m0/s1. The highest BCUT2D eigenvalue weighted by molar-refractivity contribution is 6.00. The maximum absolute atomic E-state index is 15.1. The van der Waals surface area contributed by atoms with Crippen LogP contribution >= 0.6 is 0 Å². The third kappa shape index (κ3) is 3.96. The number of halogens is 1. The first-order valence-electron chi connectivity index (χ1n) is 10.8. The highest BCUT2D eigenvalue weighted by Crippen LogP contribution is 2.38. The third-order valence-corrected chi connectivity index (χ3v) is 6.36. The van der Waals surface area contributed by atoms with Crippen LogP contribution in [-0.4, -0.2) is 38.7 Å². The molecule has 4 rings (SSSR count). The fraction of sp³-hybridized carbons (Fsp3) is 0.522. The first kappa shape index (κ1) is 21.5. The fourth-order valence-corrected chi connectivity index (χ4v) is 4.91.